The van der Waals surface area contributed by atoms with Crippen molar-refractivity contribution in [3.63, 3.8) is 0 Å². The number of aliphatic imine (C=N–C) groups is 1. The van der Waals surface area contributed by atoms with Crippen LogP contribution in [0.2, 0.25) is 0 Å². The molecular weight excluding hydrogens is 370 g/mol. The molecule has 0 saturated carbocycles. The third-order valence-corrected chi connectivity index (χ3v) is 7.13. The molecule has 2 fully saturated rings. The van der Waals surface area contributed by atoms with Crippen LogP contribution in [0, 0.1) is 5.92 Å². The lowest BCUT2D eigenvalue weighted by atomic mass is 9.88. The molecule has 2 aliphatic heterocycles. The molecule has 2 saturated heterocycles. The first-order chi connectivity index (χ1) is 13.7. The van der Waals surface area contributed by atoms with Gasteiger partial charge in [-0.3, -0.25) is 14.8 Å². The van der Waals surface area contributed by atoms with Crippen molar-refractivity contribution < 1.29 is 4.74 Å². The highest BCUT2D eigenvalue weighted by Gasteiger charge is 2.31. The van der Waals surface area contributed by atoms with E-state index in [0.29, 0.717) is 18.0 Å². The van der Waals surface area contributed by atoms with Crippen molar-refractivity contribution in [1.82, 2.24) is 20.4 Å². The van der Waals surface area contributed by atoms with Gasteiger partial charge in [0.2, 0.25) is 0 Å². The van der Waals surface area contributed by atoms with E-state index in [9.17, 15) is 0 Å². The largest absolute Gasteiger partial charge is 0.383 e. The van der Waals surface area contributed by atoms with Gasteiger partial charge in [0, 0.05) is 50.8 Å². The highest BCUT2D eigenvalue weighted by molar-refractivity contribution is 7.10. The van der Waals surface area contributed by atoms with Gasteiger partial charge >= 0.3 is 0 Å². The number of thiophene rings is 1. The summed E-state index contributed by atoms with van der Waals surface area (Å²) in [7, 11) is 5.91. The van der Waals surface area contributed by atoms with Crippen molar-refractivity contribution in [2.24, 2.45) is 10.9 Å². The molecule has 1 aromatic rings. The second-order valence-electron chi connectivity index (χ2n) is 8.00. The van der Waals surface area contributed by atoms with Gasteiger partial charge in [-0.15, -0.1) is 11.3 Å². The van der Waals surface area contributed by atoms with Crippen molar-refractivity contribution >= 4 is 17.3 Å². The third kappa shape index (κ3) is 5.69. The number of hydrogen-bond donors (Lipinski definition) is 2. The van der Waals surface area contributed by atoms with E-state index in [1.165, 1.54) is 43.6 Å². The van der Waals surface area contributed by atoms with Crippen LogP contribution in [0.25, 0.3) is 0 Å². The van der Waals surface area contributed by atoms with E-state index < -0.39 is 0 Å². The number of ether oxygens (including phenoxy) is 1. The summed E-state index contributed by atoms with van der Waals surface area (Å²) in [6.45, 7) is 6.10. The molecule has 3 atom stereocenters. The van der Waals surface area contributed by atoms with Crippen LogP contribution >= 0.6 is 11.3 Å². The Morgan fingerprint density at radius 1 is 1.25 bits per heavy atom. The molecule has 0 bridgehead atoms. The van der Waals surface area contributed by atoms with Crippen molar-refractivity contribution in [3.05, 3.63) is 22.4 Å². The first kappa shape index (κ1) is 21.6. The fourth-order valence-electron chi connectivity index (χ4n) is 4.67. The number of methoxy groups -OCH3 is 1. The number of guanidine groups is 1. The fourth-order valence-corrected chi connectivity index (χ4v) is 5.66. The van der Waals surface area contributed by atoms with Gasteiger partial charge in [0.05, 0.1) is 6.61 Å². The zero-order chi connectivity index (χ0) is 19.8. The lowest BCUT2D eigenvalue weighted by molar-refractivity contribution is 0.125. The Labute approximate surface area is 174 Å². The monoisotopic (exact) mass is 407 g/mol. The molecule has 0 radical (unpaired) electrons. The highest BCUT2D eigenvalue weighted by Crippen LogP contribution is 2.36. The predicted octanol–water partition coefficient (Wildman–Crippen LogP) is 2.41. The Morgan fingerprint density at radius 2 is 2.07 bits per heavy atom. The molecule has 2 aliphatic rings. The molecule has 3 heterocycles. The van der Waals surface area contributed by atoms with E-state index in [1.807, 2.05) is 18.4 Å². The predicted molar refractivity (Wildman–Crippen MR) is 118 cm³/mol. The topological polar surface area (TPSA) is 52.1 Å². The van der Waals surface area contributed by atoms with Crippen molar-refractivity contribution in [2.45, 2.75) is 37.8 Å². The standard InChI is InChI=1S/C21H37N5OS/c1-22-21(24-16-18-8-5-11-26(18)12-13-27-3)23-15-17-7-4-10-25(2)20(17)19-9-6-14-28-19/h6,9,14,17-18,20H,4-5,7-8,10-13,15-16H2,1-3H3,(H2,22,23,24). The molecule has 158 valence electrons. The van der Waals surface area contributed by atoms with Crippen LogP contribution in [-0.2, 0) is 4.74 Å². The normalized spacial score (nSPS) is 27.2. The number of nitrogens with zero attached hydrogens (tertiary/aromatic N) is 3. The summed E-state index contributed by atoms with van der Waals surface area (Å²) in [6, 6.07) is 5.54. The van der Waals surface area contributed by atoms with E-state index in [0.717, 1.165) is 32.2 Å². The second kappa shape index (κ2) is 11.1. The van der Waals surface area contributed by atoms with Crippen LogP contribution < -0.4 is 10.6 Å². The SMILES string of the molecule is CN=C(NCC1CCCN(C)C1c1cccs1)NCC1CCCN1CCOC. The molecule has 1 aromatic heterocycles. The summed E-state index contributed by atoms with van der Waals surface area (Å²) in [6.07, 6.45) is 5.07. The highest BCUT2D eigenvalue weighted by atomic mass is 32.1. The maximum Gasteiger partial charge on any atom is 0.191 e. The minimum absolute atomic E-state index is 0.513. The molecule has 3 rings (SSSR count). The fraction of sp³-hybridized carbons (Fsp3) is 0.762. The summed E-state index contributed by atoms with van der Waals surface area (Å²) in [5, 5.41) is 9.36. The number of nitrogens with one attached hydrogen (secondary N) is 2. The molecule has 2 N–H and O–H groups in total. The van der Waals surface area contributed by atoms with Crippen molar-refractivity contribution in [3.8, 4) is 0 Å². The van der Waals surface area contributed by atoms with Gasteiger partial charge in [0.25, 0.3) is 0 Å². The van der Waals surface area contributed by atoms with E-state index in [2.05, 4.69) is 50.0 Å². The molecule has 0 aliphatic carbocycles. The smallest absolute Gasteiger partial charge is 0.191 e. The first-order valence-electron chi connectivity index (χ1n) is 10.6. The molecule has 28 heavy (non-hydrogen) atoms. The molecule has 0 amide bonds. The zero-order valence-corrected chi connectivity index (χ0v) is 18.5. The maximum absolute atomic E-state index is 5.25. The van der Waals surface area contributed by atoms with Crippen molar-refractivity contribution in [2.75, 3.05) is 60.5 Å². The number of rotatable bonds is 8. The number of likely N-dealkylation sites (tertiary alicyclic amines) is 2. The van der Waals surface area contributed by atoms with E-state index in [4.69, 9.17) is 4.74 Å². The summed E-state index contributed by atoms with van der Waals surface area (Å²) >= 11 is 1.88. The molecule has 0 aromatic carbocycles. The van der Waals surface area contributed by atoms with Crippen LogP contribution in [0.5, 0.6) is 0 Å². The first-order valence-corrected chi connectivity index (χ1v) is 11.5. The Balaban J connectivity index is 1.49. The lowest BCUT2D eigenvalue weighted by Crippen LogP contribution is -2.48. The van der Waals surface area contributed by atoms with Crippen LogP contribution in [0.15, 0.2) is 22.5 Å². The van der Waals surface area contributed by atoms with Gasteiger partial charge in [0.1, 0.15) is 0 Å². The summed E-state index contributed by atoms with van der Waals surface area (Å²) in [4.78, 5) is 11.0. The summed E-state index contributed by atoms with van der Waals surface area (Å²) < 4.78 is 5.25. The molecular formula is C21H37N5OS. The van der Waals surface area contributed by atoms with Crippen LogP contribution in [0.3, 0.4) is 0 Å². The molecule has 7 heteroatoms. The van der Waals surface area contributed by atoms with Crippen molar-refractivity contribution in [1.29, 1.82) is 0 Å². The third-order valence-electron chi connectivity index (χ3n) is 6.18. The number of hydrogen-bond acceptors (Lipinski definition) is 5. The summed E-state index contributed by atoms with van der Waals surface area (Å²) in [5.74, 6) is 1.54. The Kier molecular flexibility index (Phi) is 8.58. The second-order valence-corrected chi connectivity index (χ2v) is 8.98. The minimum atomic E-state index is 0.513. The van der Waals surface area contributed by atoms with Gasteiger partial charge in [-0.25, -0.2) is 0 Å². The summed E-state index contributed by atoms with van der Waals surface area (Å²) in [5.41, 5.74) is 0. The van der Waals surface area contributed by atoms with Gasteiger partial charge in [0.15, 0.2) is 5.96 Å². The van der Waals surface area contributed by atoms with E-state index >= 15 is 0 Å². The van der Waals surface area contributed by atoms with Crippen LogP contribution in [0.1, 0.15) is 36.6 Å². The van der Waals surface area contributed by atoms with E-state index in [1.54, 1.807) is 7.11 Å². The van der Waals surface area contributed by atoms with Crippen LogP contribution in [-0.4, -0.2) is 82.3 Å². The maximum atomic E-state index is 5.25. The minimum Gasteiger partial charge on any atom is -0.383 e. The molecule has 6 nitrogen and oxygen atoms in total. The van der Waals surface area contributed by atoms with Gasteiger partial charge in [-0.05, 0) is 63.2 Å². The lowest BCUT2D eigenvalue weighted by Gasteiger charge is -2.39. The van der Waals surface area contributed by atoms with Gasteiger partial charge in [-0.1, -0.05) is 6.07 Å². The average molecular weight is 408 g/mol. The van der Waals surface area contributed by atoms with Gasteiger partial charge < -0.3 is 15.4 Å². The van der Waals surface area contributed by atoms with E-state index in [-0.39, 0.29) is 0 Å². The molecule has 3 unspecified atom stereocenters. The molecule has 0 spiro atoms. The zero-order valence-electron chi connectivity index (χ0n) is 17.7. The Hall–Kier alpha value is -1.15. The van der Waals surface area contributed by atoms with Gasteiger partial charge in [-0.2, -0.15) is 0 Å². The Bertz CT molecular complexity index is 594. The number of piperidine rings is 1. The quantitative estimate of drug-likeness (QED) is 0.512. The van der Waals surface area contributed by atoms with Crippen LogP contribution in [0.4, 0.5) is 0 Å². The Morgan fingerprint density at radius 3 is 2.82 bits per heavy atom. The average Bonchev–Trinajstić information content (AvgIpc) is 3.38.